The Kier molecular flexibility index (Phi) is 5.54. The average molecular weight is 425 g/mol. The smallest absolute Gasteiger partial charge is 0.248 e. The third kappa shape index (κ3) is 4.28. The highest BCUT2D eigenvalue weighted by Crippen LogP contribution is 2.32. The molecule has 0 spiro atoms. The summed E-state index contributed by atoms with van der Waals surface area (Å²) in [5.41, 5.74) is 0.576. The van der Waals surface area contributed by atoms with Crippen LogP contribution in [0.2, 0.25) is 5.02 Å². The SMILES string of the molecule is O=C(c1ccc(Cl)cc1F)C(Br)C(=O)N(CC1CC1)c1ccccc1. The molecule has 0 radical (unpaired) electrons. The first-order chi connectivity index (χ1) is 12.0. The number of hydrogen-bond acceptors (Lipinski definition) is 2. The summed E-state index contributed by atoms with van der Waals surface area (Å²) in [5, 5.41) is 0.200. The molecule has 0 bridgehead atoms. The van der Waals surface area contributed by atoms with Crippen LogP contribution in [-0.2, 0) is 4.79 Å². The lowest BCUT2D eigenvalue weighted by Crippen LogP contribution is -2.41. The maximum absolute atomic E-state index is 14.0. The second-order valence-corrected chi connectivity index (χ2v) is 7.43. The van der Waals surface area contributed by atoms with Crippen LogP contribution in [0.3, 0.4) is 0 Å². The van der Waals surface area contributed by atoms with Crippen molar-refractivity contribution >= 4 is 44.9 Å². The largest absolute Gasteiger partial charge is 0.311 e. The summed E-state index contributed by atoms with van der Waals surface area (Å²) >= 11 is 8.89. The zero-order valence-corrected chi connectivity index (χ0v) is 15.6. The zero-order valence-electron chi connectivity index (χ0n) is 13.3. The van der Waals surface area contributed by atoms with Gasteiger partial charge in [0.05, 0.1) is 5.56 Å². The number of ketones is 1. The summed E-state index contributed by atoms with van der Waals surface area (Å²) in [6.07, 6.45) is 2.15. The molecule has 3 nitrogen and oxygen atoms in total. The van der Waals surface area contributed by atoms with E-state index in [9.17, 15) is 14.0 Å². The van der Waals surface area contributed by atoms with Gasteiger partial charge < -0.3 is 4.90 Å². The number of anilines is 1. The fourth-order valence-electron chi connectivity index (χ4n) is 2.56. The molecule has 1 aliphatic rings. The molecular weight excluding hydrogens is 409 g/mol. The number of nitrogens with zero attached hydrogens (tertiary/aromatic N) is 1. The average Bonchev–Trinajstić information content (AvgIpc) is 3.43. The quantitative estimate of drug-likeness (QED) is 0.377. The van der Waals surface area contributed by atoms with Crippen molar-refractivity contribution in [2.45, 2.75) is 17.7 Å². The van der Waals surface area contributed by atoms with E-state index in [4.69, 9.17) is 11.6 Å². The molecule has 2 aromatic rings. The van der Waals surface area contributed by atoms with Crippen molar-refractivity contribution in [3.8, 4) is 0 Å². The van der Waals surface area contributed by atoms with E-state index in [-0.39, 0.29) is 10.6 Å². The molecule has 130 valence electrons. The first-order valence-electron chi connectivity index (χ1n) is 7.97. The Morgan fingerprint density at radius 1 is 1.20 bits per heavy atom. The predicted molar refractivity (Wildman–Crippen MR) is 100.0 cm³/mol. The van der Waals surface area contributed by atoms with E-state index < -0.39 is 22.3 Å². The lowest BCUT2D eigenvalue weighted by molar-refractivity contribution is -0.117. The summed E-state index contributed by atoms with van der Waals surface area (Å²) in [4.78, 5) is 25.9. The van der Waals surface area contributed by atoms with Crippen LogP contribution in [0.5, 0.6) is 0 Å². The number of carbonyl (C=O) groups is 2. The molecule has 1 saturated carbocycles. The Hall–Kier alpha value is -1.72. The molecule has 0 aromatic heterocycles. The second-order valence-electron chi connectivity index (χ2n) is 6.08. The molecule has 3 rings (SSSR count). The molecule has 1 amide bonds. The standard InChI is InChI=1S/C19H16BrClFNO2/c20-17(18(24)15-9-8-13(21)10-16(15)22)19(25)23(11-12-6-7-12)14-4-2-1-3-5-14/h1-5,8-10,12,17H,6-7,11H2. The molecular formula is C19H16BrClFNO2. The van der Waals surface area contributed by atoms with Crippen molar-refractivity contribution in [3.05, 3.63) is 64.9 Å². The summed E-state index contributed by atoms with van der Waals surface area (Å²) < 4.78 is 14.0. The minimum Gasteiger partial charge on any atom is -0.311 e. The highest BCUT2D eigenvalue weighted by Gasteiger charge is 2.34. The van der Waals surface area contributed by atoms with Gasteiger partial charge in [-0.1, -0.05) is 45.7 Å². The lowest BCUT2D eigenvalue weighted by Gasteiger charge is -2.25. The first-order valence-corrected chi connectivity index (χ1v) is 9.26. The number of halogens is 3. The van der Waals surface area contributed by atoms with Crippen LogP contribution < -0.4 is 4.90 Å². The minimum atomic E-state index is -1.15. The Morgan fingerprint density at radius 2 is 1.88 bits per heavy atom. The van der Waals surface area contributed by atoms with E-state index in [0.29, 0.717) is 12.5 Å². The van der Waals surface area contributed by atoms with Gasteiger partial charge in [0, 0.05) is 17.3 Å². The van der Waals surface area contributed by atoms with Gasteiger partial charge in [-0.15, -0.1) is 0 Å². The van der Waals surface area contributed by atoms with Gasteiger partial charge in [0.2, 0.25) is 5.91 Å². The monoisotopic (exact) mass is 423 g/mol. The molecule has 0 N–H and O–H groups in total. The van der Waals surface area contributed by atoms with Crippen molar-refractivity contribution in [1.29, 1.82) is 0 Å². The molecule has 1 fully saturated rings. The van der Waals surface area contributed by atoms with Crippen LogP contribution in [0.1, 0.15) is 23.2 Å². The van der Waals surface area contributed by atoms with Crippen LogP contribution >= 0.6 is 27.5 Å². The van der Waals surface area contributed by atoms with Crippen LogP contribution in [0, 0.1) is 11.7 Å². The fraction of sp³-hybridized carbons (Fsp3) is 0.263. The Morgan fingerprint density at radius 3 is 2.48 bits per heavy atom. The van der Waals surface area contributed by atoms with Gasteiger partial charge in [0.15, 0.2) is 10.6 Å². The van der Waals surface area contributed by atoms with Crippen molar-refractivity contribution in [2.75, 3.05) is 11.4 Å². The van der Waals surface area contributed by atoms with Crippen molar-refractivity contribution in [1.82, 2.24) is 0 Å². The minimum absolute atomic E-state index is 0.154. The summed E-state index contributed by atoms with van der Waals surface area (Å²) in [7, 11) is 0. The molecule has 1 atom stereocenters. The van der Waals surface area contributed by atoms with E-state index in [1.165, 1.54) is 12.1 Å². The predicted octanol–water partition coefficient (Wildman–Crippen LogP) is 4.87. The zero-order chi connectivity index (χ0) is 18.0. The van der Waals surface area contributed by atoms with E-state index in [2.05, 4.69) is 15.9 Å². The molecule has 0 saturated heterocycles. The lowest BCUT2D eigenvalue weighted by atomic mass is 10.1. The van der Waals surface area contributed by atoms with E-state index in [1.54, 1.807) is 4.90 Å². The van der Waals surface area contributed by atoms with Gasteiger partial charge >= 0.3 is 0 Å². The van der Waals surface area contributed by atoms with E-state index in [0.717, 1.165) is 24.6 Å². The number of benzene rings is 2. The van der Waals surface area contributed by atoms with Crippen LogP contribution in [0.25, 0.3) is 0 Å². The van der Waals surface area contributed by atoms with Gasteiger partial charge in [0.25, 0.3) is 0 Å². The molecule has 2 aromatic carbocycles. The molecule has 0 aliphatic heterocycles. The number of hydrogen-bond donors (Lipinski definition) is 0. The maximum Gasteiger partial charge on any atom is 0.248 e. The van der Waals surface area contributed by atoms with Crippen LogP contribution in [-0.4, -0.2) is 23.1 Å². The van der Waals surface area contributed by atoms with Gasteiger partial charge in [-0.25, -0.2) is 4.39 Å². The normalized spacial score (nSPS) is 14.8. The molecule has 25 heavy (non-hydrogen) atoms. The number of para-hydroxylation sites is 1. The van der Waals surface area contributed by atoms with E-state index >= 15 is 0 Å². The van der Waals surface area contributed by atoms with E-state index in [1.807, 2.05) is 30.3 Å². The highest BCUT2D eigenvalue weighted by molar-refractivity contribution is 9.10. The Balaban J connectivity index is 1.84. The van der Waals surface area contributed by atoms with Gasteiger partial charge in [0.1, 0.15) is 5.82 Å². The highest BCUT2D eigenvalue weighted by atomic mass is 79.9. The third-order valence-corrected chi connectivity index (χ3v) is 5.16. The number of amides is 1. The van der Waals surface area contributed by atoms with Gasteiger partial charge in [-0.2, -0.15) is 0 Å². The summed E-state index contributed by atoms with van der Waals surface area (Å²) in [5.74, 6) is -1.29. The number of carbonyl (C=O) groups excluding carboxylic acids is 2. The van der Waals surface area contributed by atoms with Crippen molar-refractivity contribution in [2.24, 2.45) is 5.92 Å². The Bertz CT molecular complexity index is 795. The summed E-state index contributed by atoms with van der Waals surface area (Å²) in [6.45, 7) is 0.557. The van der Waals surface area contributed by atoms with Crippen molar-refractivity contribution < 1.29 is 14.0 Å². The van der Waals surface area contributed by atoms with Gasteiger partial charge in [-0.3, -0.25) is 9.59 Å². The van der Waals surface area contributed by atoms with Gasteiger partial charge in [-0.05, 0) is 49.1 Å². The number of Topliss-reactive ketones (excluding diaryl/α,β-unsaturated/α-hetero) is 1. The molecule has 1 aliphatic carbocycles. The topological polar surface area (TPSA) is 37.4 Å². The Labute approximate surface area is 158 Å². The molecule has 0 heterocycles. The number of alkyl halides is 1. The number of rotatable bonds is 6. The van der Waals surface area contributed by atoms with Crippen LogP contribution in [0.15, 0.2) is 48.5 Å². The molecule has 1 unspecified atom stereocenters. The van der Waals surface area contributed by atoms with Crippen molar-refractivity contribution in [3.63, 3.8) is 0 Å². The summed E-state index contributed by atoms with van der Waals surface area (Å²) in [6, 6.07) is 13.0. The van der Waals surface area contributed by atoms with Crippen LogP contribution in [0.4, 0.5) is 10.1 Å². The maximum atomic E-state index is 14.0. The molecule has 6 heteroatoms. The third-order valence-electron chi connectivity index (χ3n) is 4.12. The first kappa shape index (κ1) is 18.1. The fourth-order valence-corrected chi connectivity index (χ4v) is 3.22. The second kappa shape index (κ2) is 7.67.